The average Bonchev–Trinajstić information content (AvgIpc) is 2.88. The van der Waals surface area contributed by atoms with E-state index < -0.39 is 0 Å². The molecule has 1 aliphatic carbocycles. The number of hydrogen-bond acceptors (Lipinski definition) is 4. The molecule has 1 N–H and O–H groups in total. The summed E-state index contributed by atoms with van der Waals surface area (Å²) in [5, 5.41) is 7.03. The van der Waals surface area contributed by atoms with E-state index in [1.165, 1.54) is 33.3 Å². The van der Waals surface area contributed by atoms with Crippen LogP contribution < -0.4 is 5.32 Å². The van der Waals surface area contributed by atoms with Gasteiger partial charge in [-0.3, -0.25) is 0 Å². The normalized spacial score (nSPS) is 15.8. The van der Waals surface area contributed by atoms with Crippen LogP contribution in [0, 0.1) is 0 Å². The highest BCUT2D eigenvalue weighted by Crippen LogP contribution is 2.32. The predicted molar refractivity (Wildman–Crippen MR) is 87.8 cm³/mol. The number of hydrogen-bond donors (Lipinski definition) is 1. The van der Waals surface area contributed by atoms with Crippen LogP contribution in [-0.2, 0) is 18.4 Å². The summed E-state index contributed by atoms with van der Waals surface area (Å²) in [7, 11) is 0. The second kappa shape index (κ2) is 5.58. The molecule has 0 amide bonds. The second-order valence-corrected chi connectivity index (χ2v) is 8.74. The Kier molecular flexibility index (Phi) is 3.98. The first kappa shape index (κ1) is 14.2. The Bertz CT molecular complexity index is 560. The van der Waals surface area contributed by atoms with Gasteiger partial charge in [0.2, 0.25) is 0 Å². The first-order chi connectivity index (χ1) is 9.52. The molecule has 0 saturated heterocycles. The fourth-order valence-corrected chi connectivity index (χ4v) is 4.32. The molecule has 2 nitrogen and oxygen atoms in total. The molecular weight excluding hydrogens is 284 g/mol. The maximum atomic E-state index is 4.94. The molecule has 0 aliphatic heterocycles. The summed E-state index contributed by atoms with van der Waals surface area (Å²) in [5.74, 6) is 0. The lowest BCUT2D eigenvalue weighted by molar-refractivity contribution is 0.557. The topological polar surface area (TPSA) is 24.9 Å². The highest BCUT2D eigenvalue weighted by molar-refractivity contribution is 7.12. The van der Waals surface area contributed by atoms with E-state index in [4.69, 9.17) is 4.98 Å². The SMILES string of the molecule is CC(C)(C)c1nc(Cc2cccs2)sc1CNC1CC1. The van der Waals surface area contributed by atoms with Crippen molar-refractivity contribution in [1.29, 1.82) is 0 Å². The fourth-order valence-electron chi connectivity index (χ4n) is 2.27. The lowest BCUT2D eigenvalue weighted by atomic mass is 9.91. The van der Waals surface area contributed by atoms with Crippen LogP contribution in [0.5, 0.6) is 0 Å². The molecule has 0 atom stereocenters. The summed E-state index contributed by atoms with van der Waals surface area (Å²) in [4.78, 5) is 7.77. The molecule has 2 aromatic heterocycles. The van der Waals surface area contributed by atoms with Gasteiger partial charge in [0.15, 0.2) is 0 Å². The minimum Gasteiger partial charge on any atom is -0.309 e. The van der Waals surface area contributed by atoms with Crippen LogP contribution in [0.4, 0.5) is 0 Å². The van der Waals surface area contributed by atoms with E-state index in [2.05, 4.69) is 43.6 Å². The van der Waals surface area contributed by atoms with Crippen molar-refractivity contribution in [1.82, 2.24) is 10.3 Å². The van der Waals surface area contributed by atoms with E-state index in [9.17, 15) is 0 Å². The van der Waals surface area contributed by atoms with Crippen molar-refractivity contribution < 1.29 is 0 Å². The number of rotatable bonds is 5. The van der Waals surface area contributed by atoms with Gasteiger partial charge in [0.05, 0.1) is 10.7 Å². The van der Waals surface area contributed by atoms with E-state index in [0.29, 0.717) is 0 Å². The first-order valence-electron chi connectivity index (χ1n) is 7.27. The van der Waals surface area contributed by atoms with Crippen molar-refractivity contribution in [2.75, 3.05) is 0 Å². The molecule has 0 aromatic carbocycles. The van der Waals surface area contributed by atoms with E-state index >= 15 is 0 Å². The lowest BCUT2D eigenvalue weighted by Gasteiger charge is -2.17. The molecule has 0 radical (unpaired) electrons. The van der Waals surface area contributed by atoms with Gasteiger partial charge in [-0.25, -0.2) is 4.98 Å². The van der Waals surface area contributed by atoms with Crippen molar-refractivity contribution in [3.05, 3.63) is 38.0 Å². The van der Waals surface area contributed by atoms with Gasteiger partial charge in [-0.05, 0) is 24.3 Å². The Balaban J connectivity index is 1.80. The standard InChI is InChI=1S/C16H22N2S2/c1-16(2,3)15-13(10-17-11-6-7-11)20-14(18-15)9-12-5-4-8-19-12/h4-5,8,11,17H,6-7,9-10H2,1-3H3. The molecule has 4 heteroatoms. The van der Waals surface area contributed by atoms with Crippen molar-refractivity contribution in [2.45, 2.75) is 58.0 Å². The first-order valence-corrected chi connectivity index (χ1v) is 8.97. The maximum absolute atomic E-state index is 4.94. The van der Waals surface area contributed by atoms with E-state index in [0.717, 1.165) is 19.0 Å². The third kappa shape index (κ3) is 3.48. The summed E-state index contributed by atoms with van der Waals surface area (Å²) >= 11 is 3.71. The summed E-state index contributed by atoms with van der Waals surface area (Å²) in [6, 6.07) is 5.07. The van der Waals surface area contributed by atoms with Gasteiger partial charge in [0.25, 0.3) is 0 Å². The zero-order chi connectivity index (χ0) is 14.2. The van der Waals surface area contributed by atoms with Crippen LogP contribution in [0.3, 0.4) is 0 Å². The molecule has 0 bridgehead atoms. The molecule has 1 aliphatic rings. The Labute approximate surface area is 129 Å². The highest BCUT2D eigenvalue weighted by atomic mass is 32.1. The average molecular weight is 307 g/mol. The highest BCUT2D eigenvalue weighted by Gasteiger charge is 2.25. The minimum atomic E-state index is 0.130. The minimum absolute atomic E-state index is 0.130. The van der Waals surface area contributed by atoms with Crippen molar-refractivity contribution in [3.63, 3.8) is 0 Å². The van der Waals surface area contributed by atoms with Crippen molar-refractivity contribution in [2.24, 2.45) is 0 Å². The fraction of sp³-hybridized carbons (Fsp3) is 0.562. The molecule has 0 unspecified atom stereocenters. The van der Waals surface area contributed by atoms with Crippen LogP contribution in [0.2, 0.25) is 0 Å². The molecule has 2 heterocycles. The van der Waals surface area contributed by atoms with Gasteiger partial charge in [0.1, 0.15) is 0 Å². The predicted octanol–water partition coefficient (Wildman–Crippen LogP) is 4.34. The Morgan fingerprint density at radius 3 is 2.75 bits per heavy atom. The van der Waals surface area contributed by atoms with Crippen molar-refractivity contribution >= 4 is 22.7 Å². The molecule has 20 heavy (non-hydrogen) atoms. The quantitative estimate of drug-likeness (QED) is 0.888. The largest absolute Gasteiger partial charge is 0.309 e. The van der Waals surface area contributed by atoms with Gasteiger partial charge in [0, 0.05) is 34.2 Å². The van der Waals surface area contributed by atoms with E-state index in [-0.39, 0.29) is 5.41 Å². The third-order valence-electron chi connectivity index (χ3n) is 3.49. The molecule has 2 aromatic rings. The zero-order valence-corrected chi connectivity index (χ0v) is 14.0. The maximum Gasteiger partial charge on any atom is 0.0983 e. The zero-order valence-electron chi connectivity index (χ0n) is 12.4. The van der Waals surface area contributed by atoms with E-state index in [1.54, 1.807) is 0 Å². The smallest absolute Gasteiger partial charge is 0.0983 e. The summed E-state index contributed by atoms with van der Waals surface area (Å²) in [6.45, 7) is 7.77. The van der Waals surface area contributed by atoms with Crippen LogP contribution in [-0.4, -0.2) is 11.0 Å². The number of thiazole rings is 1. The van der Waals surface area contributed by atoms with Gasteiger partial charge >= 0.3 is 0 Å². The molecular formula is C16H22N2S2. The van der Waals surface area contributed by atoms with E-state index in [1.807, 2.05) is 22.7 Å². The van der Waals surface area contributed by atoms with Crippen LogP contribution in [0.15, 0.2) is 17.5 Å². The summed E-state index contributed by atoms with van der Waals surface area (Å²) in [5.41, 5.74) is 1.41. The second-order valence-electron chi connectivity index (χ2n) is 6.54. The molecule has 3 rings (SSSR count). The number of nitrogens with one attached hydrogen (secondary N) is 1. The number of aromatic nitrogens is 1. The van der Waals surface area contributed by atoms with Gasteiger partial charge in [-0.2, -0.15) is 0 Å². The monoisotopic (exact) mass is 306 g/mol. The van der Waals surface area contributed by atoms with Crippen molar-refractivity contribution in [3.8, 4) is 0 Å². The Morgan fingerprint density at radius 1 is 1.35 bits per heavy atom. The summed E-state index contributed by atoms with van der Waals surface area (Å²) in [6.07, 6.45) is 3.66. The molecule has 1 fully saturated rings. The molecule has 1 saturated carbocycles. The summed E-state index contributed by atoms with van der Waals surface area (Å²) < 4.78 is 0. The van der Waals surface area contributed by atoms with Crippen LogP contribution in [0.25, 0.3) is 0 Å². The third-order valence-corrected chi connectivity index (χ3v) is 5.42. The lowest BCUT2D eigenvalue weighted by Crippen LogP contribution is -2.20. The van der Waals surface area contributed by atoms with Crippen LogP contribution in [0.1, 0.15) is 54.1 Å². The number of thiophene rings is 1. The van der Waals surface area contributed by atoms with Crippen LogP contribution >= 0.6 is 22.7 Å². The van der Waals surface area contributed by atoms with Gasteiger partial charge in [-0.1, -0.05) is 26.8 Å². The van der Waals surface area contributed by atoms with Gasteiger partial charge < -0.3 is 5.32 Å². The Morgan fingerprint density at radius 2 is 2.15 bits per heavy atom. The molecule has 108 valence electrons. The van der Waals surface area contributed by atoms with Gasteiger partial charge in [-0.15, -0.1) is 22.7 Å². The molecule has 0 spiro atoms. The Hall–Kier alpha value is -0.710. The number of nitrogens with zero attached hydrogens (tertiary/aromatic N) is 1.